The van der Waals surface area contributed by atoms with Crippen molar-refractivity contribution in [2.75, 3.05) is 12.3 Å². The second-order valence-electron chi connectivity index (χ2n) is 4.92. The van der Waals surface area contributed by atoms with Gasteiger partial charge in [0, 0.05) is 6.54 Å². The van der Waals surface area contributed by atoms with Gasteiger partial charge >= 0.3 is 0 Å². The molecule has 0 saturated carbocycles. The Balaban J connectivity index is 2.13. The summed E-state index contributed by atoms with van der Waals surface area (Å²) in [6, 6.07) is 9.68. The SMILES string of the molecule is CC(/C=C1\SC(=S)N(CCS(=O)(=O)O)C1=O)=C\c1ccccc1. The Bertz CT molecular complexity index is 782. The summed E-state index contributed by atoms with van der Waals surface area (Å²) in [5.41, 5.74) is 1.90. The predicted octanol–water partition coefficient (Wildman–Crippen LogP) is 2.72. The summed E-state index contributed by atoms with van der Waals surface area (Å²) in [5, 5.41) is 0. The number of benzene rings is 1. The highest BCUT2D eigenvalue weighted by molar-refractivity contribution is 8.26. The number of thioether (sulfide) groups is 1. The van der Waals surface area contributed by atoms with E-state index in [-0.39, 0.29) is 16.8 Å². The lowest BCUT2D eigenvalue weighted by Crippen LogP contribution is -2.32. The summed E-state index contributed by atoms with van der Waals surface area (Å²) in [4.78, 5) is 13.9. The monoisotopic (exact) mass is 369 g/mol. The third-order valence-electron chi connectivity index (χ3n) is 3.00. The molecule has 0 aliphatic carbocycles. The van der Waals surface area contributed by atoms with Crippen LogP contribution in [-0.4, -0.2) is 40.4 Å². The second kappa shape index (κ2) is 7.39. The van der Waals surface area contributed by atoms with Crippen LogP contribution in [0.4, 0.5) is 0 Å². The third-order valence-corrected chi connectivity index (χ3v) is 5.08. The summed E-state index contributed by atoms with van der Waals surface area (Å²) >= 11 is 6.22. The number of hydrogen-bond acceptors (Lipinski definition) is 5. The normalized spacial score (nSPS) is 18.1. The Kier molecular flexibility index (Phi) is 5.74. The third kappa shape index (κ3) is 5.28. The zero-order valence-corrected chi connectivity index (χ0v) is 14.7. The fourth-order valence-electron chi connectivity index (χ4n) is 1.96. The maximum atomic E-state index is 12.3. The summed E-state index contributed by atoms with van der Waals surface area (Å²) < 4.78 is 30.7. The standard InChI is InChI=1S/C15H15NO4S3/c1-11(9-12-5-3-2-4-6-12)10-13-14(17)16(15(21)22-13)7-8-23(18,19)20/h2-6,9-10H,7-8H2,1H3,(H,18,19,20)/b11-9+,13-10-. The molecule has 1 aliphatic rings. The minimum absolute atomic E-state index is 0.151. The molecule has 0 bridgehead atoms. The molecule has 1 aromatic rings. The molecule has 1 aliphatic heterocycles. The van der Waals surface area contributed by atoms with Gasteiger partial charge in [0.15, 0.2) is 0 Å². The van der Waals surface area contributed by atoms with E-state index < -0.39 is 15.9 Å². The van der Waals surface area contributed by atoms with Gasteiger partial charge in [0.1, 0.15) is 4.32 Å². The predicted molar refractivity (Wildman–Crippen MR) is 96.5 cm³/mol. The van der Waals surface area contributed by atoms with Gasteiger partial charge in [-0.3, -0.25) is 14.2 Å². The molecule has 0 atom stereocenters. The van der Waals surface area contributed by atoms with Crippen molar-refractivity contribution in [2.24, 2.45) is 0 Å². The molecule has 1 N–H and O–H groups in total. The van der Waals surface area contributed by atoms with E-state index in [4.69, 9.17) is 16.8 Å². The molecule has 5 nitrogen and oxygen atoms in total. The van der Waals surface area contributed by atoms with E-state index in [0.717, 1.165) is 22.9 Å². The number of hydrogen-bond donors (Lipinski definition) is 1. The first-order chi connectivity index (χ1) is 10.8. The van der Waals surface area contributed by atoms with Crippen LogP contribution in [0.1, 0.15) is 12.5 Å². The van der Waals surface area contributed by atoms with Crippen LogP contribution in [0, 0.1) is 0 Å². The number of carbonyl (C=O) groups is 1. The molecule has 0 radical (unpaired) electrons. The van der Waals surface area contributed by atoms with Gasteiger partial charge < -0.3 is 0 Å². The van der Waals surface area contributed by atoms with Crippen LogP contribution in [0.5, 0.6) is 0 Å². The summed E-state index contributed by atoms with van der Waals surface area (Å²) in [6.45, 7) is 1.72. The van der Waals surface area contributed by atoms with E-state index in [1.54, 1.807) is 6.08 Å². The van der Waals surface area contributed by atoms with Gasteiger partial charge in [0.25, 0.3) is 16.0 Å². The highest BCUT2D eigenvalue weighted by Gasteiger charge is 2.32. The van der Waals surface area contributed by atoms with Crippen molar-refractivity contribution in [3.05, 3.63) is 52.4 Å². The molecule has 122 valence electrons. The Morgan fingerprint density at radius 2 is 2.00 bits per heavy atom. The van der Waals surface area contributed by atoms with E-state index in [1.165, 1.54) is 4.90 Å². The van der Waals surface area contributed by atoms with Crippen molar-refractivity contribution < 1.29 is 17.8 Å². The Labute approximate surface area is 144 Å². The summed E-state index contributed by atoms with van der Waals surface area (Å²) in [6.07, 6.45) is 3.66. The molecule has 8 heteroatoms. The molecule has 1 amide bonds. The number of allylic oxidation sites excluding steroid dienone is 2. The van der Waals surface area contributed by atoms with Gasteiger partial charge in [-0.15, -0.1) is 0 Å². The van der Waals surface area contributed by atoms with Crippen molar-refractivity contribution in [3.63, 3.8) is 0 Å². The minimum Gasteiger partial charge on any atom is -0.292 e. The van der Waals surface area contributed by atoms with Gasteiger partial charge in [-0.2, -0.15) is 8.42 Å². The van der Waals surface area contributed by atoms with Crippen LogP contribution in [0.15, 0.2) is 46.9 Å². The fraction of sp³-hybridized carbons (Fsp3) is 0.200. The molecule has 2 rings (SSSR count). The maximum absolute atomic E-state index is 12.3. The van der Waals surface area contributed by atoms with Crippen molar-refractivity contribution in [3.8, 4) is 0 Å². The molecular formula is C15H15NO4S3. The van der Waals surface area contributed by atoms with E-state index in [9.17, 15) is 13.2 Å². The van der Waals surface area contributed by atoms with E-state index >= 15 is 0 Å². The molecular weight excluding hydrogens is 354 g/mol. The van der Waals surface area contributed by atoms with Crippen LogP contribution in [-0.2, 0) is 14.9 Å². The molecule has 1 aromatic carbocycles. The van der Waals surface area contributed by atoms with Crippen LogP contribution in [0.3, 0.4) is 0 Å². The molecule has 1 saturated heterocycles. The lowest BCUT2D eigenvalue weighted by atomic mass is 10.1. The van der Waals surface area contributed by atoms with Gasteiger partial charge in [-0.25, -0.2) is 0 Å². The van der Waals surface area contributed by atoms with E-state index in [0.29, 0.717) is 4.91 Å². The highest BCUT2D eigenvalue weighted by Crippen LogP contribution is 2.31. The lowest BCUT2D eigenvalue weighted by Gasteiger charge is -2.12. The van der Waals surface area contributed by atoms with E-state index in [1.807, 2.05) is 43.3 Å². The first kappa shape index (κ1) is 17.9. The Hall–Kier alpha value is -1.48. The summed E-state index contributed by atoms with van der Waals surface area (Å²) in [7, 11) is -4.13. The average Bonchev–Trinajstić information content (AvgIpc) is 2.71. The molecule has 1 heterocycles. The maximum Gasteiger partial charge on any atom is 0.266 e. The van der Waals surface area contributed by atoms with Crippen molar-refractivity contribution in [1.82, 2.24) is 4.90 Å². The number of nitrogens with zero attached hydrogens (tertiary/aromatic N) is 1. The molecule has 0 aromatic heterocycles. The van der Waals surface area contributed by atoms with Crippen LogP contribution < -0.4 is 0 Å². The quantitative estimate of drug-likeness (QED) is 0.489. The smallest absolute Gasteiger partial charge is 0.266 e. The van der Waals surface area contributed by atoms with Crippen LogP contribution in [0.25, 0.3) is 6.08 Å². The van der Waals surface area contributed by atoms with E-state index in [2.05, 4.69) is 0 Å². The van der Waals surface area contributed by atoms with Gasteiger partial charge in [0.2, 0.25) is 0 Å². The number of carbonyl (C=O) groups excluding carboxylic acids is 1. The highest BCUT2D eigenvalue weighted by atomic mass is 32.2. The number of amides is 1. The number of rotatable bonds is 5. The summed E-state index contributed by atoms with van der Waals surface area (Å²) in [5.74, 6) is -0.879. The minimum atomic E-state index is -4.13. The zero-order chi connectivity index (χ0) is 17.0. The fourth-order valence-corrected chi connectivity index (χ4v) is 3.73. The first-order valence-corrected chi connectivity index (χ1v) is 9.53. The van der Waals surface area contributed by atoms with Crippen molar-refractivity contribution in [2.45, 2.75) is 6.92 Å². The largest absolute Gasteiger partial charge is 0.292 e. The Morgan fingerprint density at radius 3 is 2.61 bits per heavy atom. The zero-order valence-electron chi connectivity index (χ0n) is 12.3. The molecule has 1 fully saturated rings. The molecule has 0 unspecified atom stereocenters. The van der Waals surface area contributed by atoms with Gasteiger partial charge in [-0.1, -0.05) is 60.4 Å². The topological polar surface area (TPSA) is 74.7 Å². The average molecular weight is 369 g/mol. The first-order valence-electron chi connectivity index (χ1n) is 6.70. The van der Waals surface area contributed by atoms with Gasteiger partial charge in [0.05, 0.1) is 10.7 Å². The molecule has 0 spiro atoms. The molecule has 23 heavy (non-hydrogen) atoms. The number of thiocarbonyl (C=S) groups is 1. The van der Waals surface area contributed by atoms with Crippen molar-refractivity contribution >= 4 is 50.4 Å². The van der Waals surface area contributed by atoms with Crippen molar-refractivity contribution in [1.29, 1.82) is 0 Å². The second-order valence-corrected chi connectivity index (χ2v) is 8.17. The lowest BCUT2D eigenvalue weighted by molar-refractivity contribution is -0.122. The van der Waals surface area contributed by atoms with Crippen LogP contribution in [0.2, 0.25) is 0 Å². The van der Waals surface area contributed by atoms with Crippen LogP contribution >= 0.6 is 24.0 Å². The Morgan fingerprint density at radius 1 is 1.35 bits per heavy atom. The van der Waals surface area contributed by atoms with Gasteiger partial charge in [-0.05, 0) is 24.1 Å².